The quantitative estimate of drug-likeness (QED) is 0.921. The largest absolute Gasteiger partial charge is 0.324 e. The molecule has 2 aliphatic rings. The predicted molar refractivity (Wildman–Crippen MR) is 78.7 cm³/mol. The molecule has 5 nitrogen and oxygen atoms in total. The summed E-state index contributed by atoms with van der Waals surface area (Å²) in [5, 5.41) is 7.33. The first-order valence-electron chi connectivity index (χ1n) is 7.73. The average Bonchev–Trinajstić information content (AvgIpc) is 3.03. The smallest absolute Gasteiger partial charge is 0.323 e. The molecule has 1 unspecified atom stereocenters. The molecule has 1 aliphatic carbocycles. The van der Waals surface area contributed by atoms with Gasteiger partial charge in [0.05, 0.1) is 12.2 Å². The van der Waals surface area contributed by atoms with Crippen LogP contribution < -0.4 is 5.32 Å². The number of carbonyl (C=O) groups excluding carboxylic acids is 1. The van der Waals surface area contributed by atoms with Gasteiger partial charge in [-0.25, -0.2) is 9.48 Å². The Kier molecular flexibility index (Phi) is 3.44. The summed E-state index contributed by atoms with van der Waals surface area (Å²) in [6.45, 7) is 6.06. The highest BCUT2D eigenvalue weighted by atomic mass is 16.2. The molecule has 0 radical (unpaired) electrons. The van der Waals surface area contributed by atoms with Gasteiger partial charge in [-0.2, -0.15) is 5.10 Å². The van der Waals surface area contributed by atoms with Crippen LogP contribution >= 0.6 is 0 Å². The fraction of sp³-hybridized carbons (Fsp3) is 0.733. The fourth-order valence-electron chi connectivity index (χ4n) is 3.32. The minimum atomic E-state index is 0.0267. The highest BCUT2D eigenvalue weighted by Crippen LogP contribution is 2.47. The number of likely N-dealkylation sites (tertiary alicyclic amines) is 1. The highest BCUT2D eigenvalue weighted by molar-refractivity contribution is 5.88. The molecule has 110 valence electrons. The summed E-state index contributed by atoms with van der Waals surface area (Å²) < 4.78 is 1.90. The van der Waals surface area contributed by atoms with Gasteiger partial charge in [-0.15, -0.1) is 0 Å². The third-order valence-corrected chi connectivity index (χ3v) is 5.05. The molecule has 1 aromatic rings. The van der Waals surface area contributed by atoms with E-state index < -0.39 is 0 Å². The maximum absolute atomic E-state index is 12.4. The summed E-state index contributed by atoms with van der Waals surface area (Å²) in [5.41, 5.74) is 0.453. The molecular formula is C15H24N4O. The van der Waals surface area contributed by atoms with Gasteiger partial charge >= 0.3 is 6.03 Å². The van der Waals surface area contributed by atoms with Gasteiger partial charge in [-0.3, -0.25) is 5.32 Å². The Morgan fingerprint density at radius 3 is 2.90 bits per heavy atom. The highest BCUT2D eigenvalue weighted by Gasteiger charge is 2.44. The van der Waals surface area contributed by atoms with Gasteiger partial charge in [-0.05, 0) is 38.0 Å². The molecule has 2 fully saturated rings. The summed E-state index contributed by atoms with van der Waals surface area (Å²) in [6, 6.07) is 2.20. The van der Waals surface area contributed by atoms with E-state index in [0.29, 0.717) is 11.5 Å². The van der Waals surface area contributed by atoms with E-state index in [9.17, 15) is 4.79 Å². The summed E-state index contributed by atoms with van der Waals surface area (Å²) >= 11 is 0. The normalized spacial score (nSPS) is 21.8. The lowest BCUT2D eigenvalue weighted by Crippen LogP contribution is -2.38. The van der Waals surface area contributed by atoms with E-state index in [4.69, 9.17) is 0 Å². The lowest BCUT2D eigenvalue weighted by Gasteiger charge is -2.37. The minimum absolute atomic E-state index is 0.0267. The van der Waals surface area contributed by atoms with Crippen molar-refractivity contribution < 1.29 is 4.79 Å². The molecule has 2 heterocycles. The lowest BCUT2D eigenvalue weighted by molar-refractivity contribution is 0.144. The number of hydrogen-bond donors (Lipinski definition) is 1. The van der Waals surface area contributed by atoms with Crippen molar-refractivity contribution in [3.05, 3.63) is 12.3 Å². The van der Waals surface area contributed by atoms with Gasteiger partial charge in [0.15, 0.2) is 0 Å². The van der Waals surface area contributed by atoms with Crippen LogP contribution in [-0.4, -0.2) is 33.8 Å². The molecule has 2 amide bonds. The molecular weight excluding hydrogens is 252 g/mol. The van der Waals surface area contributed by atoms with E-state index in [1.807, 2.05) is 15.6 Å². The first kappa shape index (κ1) is 13.5. The van der Waals surface area contributed by atoms with Gasteiger partial charge in [0, 0.05) is 19.2 Å². The number of aromatic nitrogens is 2. The number of urea groups is 1. The molecule has 5 heteroatoms. The minimum Gasteiger partial charge on any atom is -0.324 e. The number of amides is 2. The van der Waals surface area contributed by atoms with Crippen LogP contribution in [0.2, 0.25) is 0 Å². The summed E-state index contributed by atoms with van der Waals surface area (Å²) in [7, 11) is 0. The Balaban J connectivity index is 1.63. The Bertz CT molecular complexity index is 492. The van der Waals surface area contributed by atoms with E-state index >= 15 is 0 Å². The zero-order valence-electron chi connectivity index (χ0n) is 12.4. The molecule has 1 N–H and O–H groups in total. The molecule has 3 rings (SSSR count). The Morgan fingerprint density at radius 1 is 1.50 bits per heavy atom. The Hall–Kier alpha value is -1.52. The summed E-state index contributed by atoms with van der Waals surface area (Å²) in [4.78, 5) is 14.3. The van der Waals surface area contributed by atoms with Crippen LogP contribution in [0.1, 0.15) is 52.0 Å². The number of nitrogens with one attached hydrogen (secondary N) is 1. The van der Waals surface area contributed by atoms with E-state index in [0.717, 1.165) is 25.3 Å². The predicted octanol–water partition coefficient (Wildman–Crippen LogP) is 3.26. The monoisotopic (exact) mass is 276 g/mol. The van der Waals surface area contributed by atoms with Gasteiger partial charge in [0.25, 0.3) is 0 Å². The van der Waals surface area contributed by atoms with Gasteiger partial charge < -0.3 is 4.90 Å². The molecule has 1 saturated carbocycles. The van der Waals surface area contributed by atoms with Crippen molar-refractivity contribution in [3.8, 4) is 0 Å². The topological polar surface area (TPSA) is 50.2 Å². The second kappa shape index (κ2) is 5.11. The van der Waals surface area contributed by atoms with E-state index in [1.54, 1.807) is 6.20 Å². The third kappa shape index (κ3) is 2.30. The van der Waals surface area contributed by atoms with Crippen molar-refractivity contribution in [2.24, 2.45) is 5.41 Å². The van der Waals surface area contributed by atoms with Crippen molar-refractivity contribution in [2.45, 2.75) is 52.0 Å². The zero-order valence-corrected chi connectivity index (χ0v) is 12.4. The number of rotatable bonds is 3. The number of carbonyl (C=O) groups is 1. The first-order valence-corrected chi connectivity index (χ1v) is 7.73. The number of hydrogen-bond acceptors (Lipinski definition) is 2. The summed E-state index contributed by atoms with van der Waals surface area (Å²) in [6.07, 6.45) is 7.83. The molecule has 1 aliphatic heterocycles. The van der Waals surface area contributed by atoms with Crippen LogP contribution in [0.15, 0.2) is 12.3 Å². The fourth-order valence-corrected chi connectivity index (χ4v) is 3.32. The second-order valence-corrected chi connectivity index (χ2v) is 6.37. The molecule has 1 spiro atoms. The van der Waals surface area contributed by atoms with E-state index in [2.05, 4.69) is 24.3 Å². The molecule has 0 aromatic carbocycles. The van der Waals surface area contributed by atoms with Gasteiger partial charge in [0.1, 0.15) is 5.82 Å². The standard InChI is InChI=1S/C15H24N4O/c1-3-12(2)19-13(5-9-16-19)17-14(20)18-10-8-15(11-18)6-4-7-15/h5,9,12H,3-4,6-8,10-11H2,1-2H3,(H,17,20). The van der Waals surface area contributed by atoms with Crippen LogP contribution in [0.25, 0.3) is 0 Å². The number of anilines is 1. The molecule has 1 saturated heterocycles. The van der Waals surface area contributed by atoms with Crippen LogP contribution in [0, 0.1) is 5.41 Å². The third-order valence-electron chi connectivity index (χ3n) is 5.05. The molecule has 0 bridgehead atoms. The number of nitrogens with zero attached hydrogens (tertiary/aromatic N) is 3. The van der Waals surface area contributed by atoms with Gasteiger partial charge in [0.2, 0.25) is 0 Å². The van der Waals surface area contributed by atoms with Crippen LogP contribution in [-0.2, 0) is 0 Å². The summed E-state index contributed by atoms with van der Waals surface area (Å²) in [5.74, 6) is 0.805. The van der Waals surface area contributed by atoms with Crippen molar-refractivity contribution in [1.82, 2.24) is 14.7 Å². The van der Waals surface area contributed by atoms with Crippen molar-refractivity contribution in [1.29, 1.82) is 0 Å². The molecule has 1 aromatic heterocycles. The van der Waals surface area contributed by atoms with Crippen molar-refractivity contribution >= 4 is 11.8 Å². The van der Waals surface area contributed by atoms with Crippen LogP contribution in [0.5, 0.6) is 0 Å². The van der Waals surface area contributed by atoms with Crippen molar-refractivity contribution in [2.75, 3.05) is 18.4 Å². The Labute approximate surface area is 120 Å². The van der Waals surface area contributed by atoms with E-state index in [1.165, 1.54) is 25.7 Å². The maximum atomic E-state index is 12.4. The lowest BCUT2D eigenvalue weighted by atomic mass is 9.68. The Morgan fingerprint density at radius 2 is 2.30 bits per heavy atom. The van der Waals surface area contributed by atoms with E-state index in [-0.39, 0.29) is 6.03 Å². The van der Waals surface area contributed by atoms with Gasteiger partial charge in [-0.1, -0.05) is 13.3 Å². The SMILES string of the molecule is CCC(C)n1nccc1NC(=O)N1CCC2(CCC2)C1. The molecule has 1 atom stereocenters. The molecule has 20 heavy (non-hydrogen) atoms. The first-order chi connectivity index (χ1) is 9.63. The maximum Gasteiger partial charge on any atom is 0.323 e. The average molecular weight is 276 g/mol. The van der Waals surface area contributed by atoms with Crippen LogP contribution in [0.3, 0.4) is 0 Å². The van der Waals surface area contributed by atoms with Crippen LogP contribution in [0.4, 0.5) is 10.6 Å². The van der Waals surface area contributed by atoms with Crippen molar-refractivity contribution in [3.63, 3.8) is 0 Å². The zero-order chi connectivity index (χ0) is 14.2. The second-order valence-electron chi connectivity index (χ2n) is 6.37.